The molecule has 2 aliphatic rings. The van der Waals surface area contributed by atoms with Crippen molar-refractivity contribution in [2.75, 3.05) is 18.5 Å². The molecule has 1 aliphatic heterocycles. The molecule has 0 spiro atoms. The number of nitrogens with one attached hydrogen (secondary N) is 2. The van der Waals surface area contributed by atoms with Gasteiger partial charge in [-0.1, -0.05) is 13.8 Å². The zero-order valence-electron chi connectivity index (χ0n) is 17.6. The monoisotopic (exact) mass is 405 g/mol. The lowest BCUT2D eigenvalue weighted by molar-refractivity contribution is -0.117. The van der Waals surface area contributed by atoms with E-state index in [1.807, 2.05) is 31.3 Å². The summed E-state index contributed by atoms with van der Waals surface area (Å²) in [5.74, 6) is 1.58. The normalized spacial score (nSPS) is 20.0. The van der Waals surface area contributed by atoms with Gasteiger partial charge in [-0.15, -0.1) is 0 Å². The fourth-order valence-electron chi connectivity index (χ4n) is 3.80. The third-order valence-corrected chi connectivity index (χ3v) is 6.13. The first kappa shape index (κ1) is 19.1. The van der Waals surface area contributed by atoms with Crippen molar-refractivity contribution in [1.82, 2.24) is 19.9 Å². The largest absolute Gasteiger partial charge is 0.490 e. The van der Waals surface area contributed by atoms with E-state index >= 15 is 0 Å². The van der Waals surface area contributed by atoms with Gasteiger partial charge in [0, 0.05) is 42.0 Å². The van der Waals surface area contributed by atoms with Crippen LogP contribution in [0.5, 0.6) is 5.75 Å². The lowest BCUT2D eigenvalue weighted by Gasteiger charge is -2.45. The maximum absolute atomic E-state index is 12.0. The predicted octanol–water partition coefficient (Wildman–Crippen LogP) is 3.43. The molecule has 5 rings (SSSR count). The lowest BCUT2D eigenvalue weighted by Crippen LogP contribution is -2.61. The number of aryl methyl sites for hydroxylation is 1. The number of rotatable bonds is 6. The van der Waals surface area contributed by atoms with Crippen LogP contribution in [0.25, 0.3) is 16.6 Å². The van der Waals surface area contributed by atoms with Gasteiger partial charge in [0.05, 0.1) is 11.7 Å². The lowest BCUT2D eigenvalue weighted by atomic mass is 9.78. The van der Waals surface area contributed by atoms with Crippen LogP contribution in [0.4, 0.5) is 5.82 Å². The molecule has 1 saturated carbocycles. The van der Waals surface area contributed by atoms with E-state index in [1.165, 1.54) is 0 Å². The highest BCUT2D eigenvalue weighted by atomic mass is 16.5. The summed E-state index contributed by atoms with van der Waals surface area (Å²) >= 11 is 0. The minimum atomic E-state index is 0.0617. The molecule has 1 amide bonds. The van der Waals surface area contributed by atoms with Gasteiger partial charge in [0.2, 0.25) is 5.91 Å². The van der Waals surface area contributed by atoms with Crippen molar-refractivity contribution in [3.8, 4) is 16.9 Å². The Morgan fingerprint density at radius 2 is 2.17 bits per heavy atom. The molecule has 7 nitrogen and oxygen atoms in total. The van der Waals surface area contributed by atoms with Gasteiger partial charge in [-0.25, -0.2) is 4.52 Å². The summed E-state index contributed by atoms with van der Waals surface area (Å²) in [5.41, 5.74) is 4.14. The number of pyridine rings is 2. The Balaban J connectivity index is 1.41. The van der Waals surface area contributed by atoms with Crippen LogP contribution in [-0.2, 0) is 4.79 Å². The molecule has 1 aliphatic carbocycles. The molecule has 4 heterocycles. The van der Waals surface area contributed by atoms with E-state index in [0.29, 0.717) is 18.5 Å². The summed E-state index contributed by atoms with van der Waals surface area (Å²) in [6.07, 6.45) is 5.66. The fourth-order valence-corrected chi connectivity index (χ4v) is 3.80. The number of anilines is 1. The average molecular weight is 406 g/mol. The predicted molar refractivity (Wildman–Crippen MR) is 116 cm³/mol. The maximum atomic E-state index is 12.0. The standard InChI is InChI=1S/C23H27N5O2/c1-14-8-18(19(11-24-14)30-12-20-23(2,3)13-25-20)16-6-7-28-17(9-16)10-21(27-28)26-22(29)15-4-5-15/h6-11,15,20,25H,4-5,12-13H2,1-3H3,(H,26,27,29)/t20-/m1/s1. The van der Waals surface area contributed by atoms with Crippen LogP contribution < -0.4 is 15.4 Å². The zero-order chi connectivity index (χ0) is 20.9. The van der Waals surface area contributed by atoms with Crippen LogP contribution >= 0.6 is 0 Å². The zero-order valence-corrected chi connectivity index (χ0v) is 17.6. The molecule has 3 aromatic heterocycles. The fraction of sp³-hybridized carbons (Fsp3) is 0.435. The van der Waals surface area contributed by atoms with Crippen LogP contribution in [-0.4, -0.2) is 39.7 Å². The molecule has 0 bridgehead atoms. The van der Waals surface area contributed by atoms with E-state index in [-0.39, 0.29) is 17.2 Å². The number of nitrogens with zero attached hydrogens (tertiary/aromatic N) is 3. The van der Waals surface area contributed by atoms with Gasteiger partial charge in [-0.3, -0.25) is 9.78 Å². The average Bonchev–Trinajstić information content (AvgIpc) is 3.48. The first-order valence-corrected chi connectivity index (χ1v) is 10.5. The molecule has 1 saturated heterocycles. The van der Waals surface area contributed by atoms with Gasteiger partial charge in [0.25, 0.3) is 0 Å². The van der Waals surface area contributed by atoms with Gasteiger partial charge < -0.3 is 15.4 Å². The number of hydrogen-bond donors (Lipinski definition) is 2. The molecular weight excluding hydrogens is 378 g/mol. The highest BCUT2D eigenvalue weighted by Gasteiger charge is 2.38. The molecule has 2 N–H and O–H groups in total. The Kier molecular flexibility index (Phi) is 4.50. The van der Waals surface area contributed by atoms with Gasteiger partial charge in [0.15, 0.2) is 5.82 Å². The highest BCUT2D eigenvalue weighted by Crippen LogP contribution is 2.34. The third kappa shape index (κ3) is 3.65. The summed E-state index contributed by atoms with van der Waals surface area (Å²) in [6.45, 7) is 8.10. The van der Waals surface area contributed by atoms with E-state index in [0.717, 1.165) is 47.5 Å². The summed E-state index contributed by atoms with van der Waals surface area (Å²) in [5, 5.41) is 10.8. The van der Waals surface area contributed by atoms with Gasteiger partial charge in [0.1, 0.15) is 12.4 Å². The minimum absolute atomic E-state index is 0.0617. The summed E-state index contributed by atoms with van der Waals surface area (Å²) < 4.78 is 7.96. The van der Waals surface area contributed by atoms with Gasteiger partial charge in [-0.05, 0) is 48.9 Å². The Morgan fingerprint density at radius 3 is 2.87 bits per heavy atom. The molecule has 30 heavy (non-hydrogen) atoms. The first-order valence-electron chi connectivity index (χ1n) is 10.5. The number of aromatic nitrogens is 3. The molecule has 0 aromatic carbocycles. The Labute approximate surface area is 175 Å². The molecule has 0 unspecified atom stereocenters. The van der Waals surface area contributed by atoms with E-state index in [1.54, 1.807) is 10.7 Å². The smallest absolute Gasteiger partial charge is 0.228 e. The number of carbonyl (C=O) groups is 1. The molecule has 0 radical (unpaired) electrons. The van der Waals surface area contributed by atoms with Gasteiger partial charge >= 0.3 is 0 Å². The Morgan fingerprint density at radius 1 is 1.33 bits per heavy atom. The second kappa shape index (κ2) is 7.09. The van der Waals surface area contributed by atoms with Crippen molar-refractivity contribution in [2.24, 2.45) is 11.3 Å². The van der Waals surface area contributed by atoms with Crippen LogP contribution in [0, 0.1) is 18.3 Å². The number of hydrogen-bond acceptors (Lipinski definition) is 5. The minimum Gasteiger partial charge on any atom is -0.490 e. The van der Waals surface area contributed by atoms with E-state index in [9.17, 15) is 4.79 Å². The molecular formula is C23H27N5O2. The van der Waals surface area contributed by atoms with Crippen molar-refractivity contribution in [3.63, 3.8) is 0 Å². The molecule has 3 aromatic rings. The number of amides is 1. The number of ether oxygens (including phenoxy) is 1. The third-order valence-electron chi connectivity index (χ3n) is 6.13. The van der Waals surface area contributed by atoms with Crippen LogP contribution in [0.2, 0.25) is 0 Å². The molecule has 1 atom stereocenters. The topological polar surface area (TPSA) is 80.5 Å². The van der Waals surface area contributed by atoms with Crippen molar-refractivity contribution in [1.29, 1.82) is 0 Å². The van der Waals surface area contributed by atoms with Crippen LogP contribution in [0.1, 0.15) is 32.4 Å². The van der Waals surface area contributed by atoms with E-state index in [2.05, 4.69) is 40.6 Å². The van der Waals surface area contributed by atoms with Crippen LogP contribution in [0.3, 0.4) is 0 Å². The quantitative estimate of drug-likeness (QED) is 0.657. The summed E-state index contributed by atoms with van der Waals surface area (Å²) in [4.78, 5) is 16.5. The van der Waals surface area contributed by atoms with Crippen LogP contribution in [0.15, 0.2) is 36.7 Å². The van der Waals surface area contributed by atoms with Gasteiger partial charge in [-0.2, -0.15) is 5.10 Å². The number of carbonyl (C=O) groups excluding carboxylic acids is 1. The molecule has 7 heteroatoms. The SMILES string of the molecule is Cc1cc(-c2ccn3nc(NC(=O)C4CC4)cc3c2)c(OC[C@H]2NCC2(C)C)cn1. The Bertz CT molecular complexity index is 1120. The van der Waals surface area contributed by atoms with Crippen molar-refractivity contribution in [3.05, 3.63) is 42.4 Å². The van der Waals surface area contributed by atoms with Crippen molar-refractivity contribution >= 4 is 17.2 Å². The maximum Gasteiger partial charge on any atom is 0.228 e. The Hall–Kier alpha value is -2.93. The molecule has 156 valence electrons. The van der Waals surface area contributed by atoms with E-state index < -0.39 is 0 Å². The number of fused-ring (bicyclic) bond motifs is 1. The summed E-state index contributed by atoms with van der Waals surface area (Å²) in [7, 11) is 0. The second-order valence-electron chi connectivity index (χ2n) is 9.13. The van der Waals surface area contributed by atoms with E-state index in [4.69, 9.17) is 4.74 Å². The molecule has 2 fully saturated rings. The van der Waals surface area contributed by atoms with Crippen molar-refractivity contribution in [2.45, 2.75) is 39.7 Å². The summed E-state index contributed by atoms with van der Waals surface area (Å²) in [6, 6.07) is 8.36. The first-order chi connectivity index (χ1) is 14.4. The second-order valence-corrected chi connectivity index (χ2v) is 9.13. The highest BCUT2D eigenvalue weighted by molar-refractivity contribution is 5.93. The van der Waals surface area contributed by atoms with Crippen molar-refractivity contribution < 1.29 is 9.53 Å².